The Kier molecular flexibility index (Phi) is 1.81. The fourth-order valence-corrected chi connectivity index (χ4v) is 2.05. The number of hydrogen-bond donors (Lipinski definition) is 1. The highest BCUT2D eigenvalue weighted by molar-refractivity contribution is 5.84. The van der Waals surface area contributed by atoms with Crippen LogP contribution < -0.4 is 0 Å². The van der Waals surface area contributed by atoms with Crippen LogP contribution in [0.5, 0.6) is 0 Å². The molecule has 2 heterocycles. The molecule has 0 saturated carbocycles. The smallest absolute Gasteiger partial charge is 0.241 e. The molecule has 12 heavy (non-hydrogen) atoms. The van der Waals surface area contributed by atoms with Crippen LogP contribution in [0, 0.1) is 0 Å². The summed E-state index contributed by atoms with van der Waals surface area (Å²) in [5.74, 6) is 0.189. The predicted molar refractivity (Wildman–Crippen MR) is 43.4 cm³/mol. The highest BCUT2D eigenvalue weighted by Gasteiger charge is 2.43. The van der Waals surface area contributed by atoms with Crippen molar-refractivity contribution in [1.82, 2.24) is 9.80 Å². The van der Waals surface area contributed by atoms with E-state index < -0.39 is 0 Å². The number of likely N-dealkylation sites (N-methyl/N-ethyl adjacent to an activating group) is 1. The molecule has 2 rings (SSSR count). The predicted octanol–water partition coefficient (Wildman–Crippen LogP) is -0.759. The van der Waals surface area contributed by atoms with Crippen molar-refractivity contribution in [2.24, 2.45) is 0 Å². The molecule has 1 amide bonds. The van der Waals surface area contributed by atoms with E-state index in [1.54, 1.807) is 0 Å². The number of amides is 1. The van der Waals surface area contributed by atoms with E-state index in [0.717, 1.165) is 6.54 Å². The molecule has 2 unspecified atom stereocenters. The summed E-state index contributed by atoms with van der Waals surface area (Å²) < 4.78 is 0. The van der Waals surface area contributed by atoms with E-state index in [1.807, 2.05) is 11.8 Å². The molecule has 4 heteroatoms. The maximum Gasteiger partial charge on any atom is 0.241 e. The Morgan fingerprint density at radius 2 is 2.42 bits per heavy atom. The van der Waals surface area contributed by atoms with Crippen molar-refractivity contribution in [3.63, 3.8) is 0 Å². The van der Waals surface area contributed by atoms with Gasteiger partial charge in [0.25, 0.3) is 0 Å². The summed E-state index contributed by atoms with van der Waals surface area (Å²) in [5, 5.41) is 9.30. The normalized spacial score (nSPS) is 36.2. The van der Waals surface area contributed by atoms with E-state index in [9.17, 15) is 9.90 Å². The van der Waals surface area contributed by atoms with E-state index in [0.29, 0.717) is 19.6 Å². The highest BCUT2D eigenvalue weighted by atomic mass is 16.3. The lowest BCUT2D eigenvalue weighted by atomic mass is 10.2. The summed E-state index contributed by atoms with van der Waals surface area (Å²) in [5.41, 5.74) is 0. The fraction of sp³-hybridized carbons (Fsp3) is 0.875. The Balaban J connectivity index is 2.08. The van der Waals surface area contributed by atoms with Gasteiger partial charge in [0.15, 0.2) is 0 Å². The van der Waals surface area contributed by atoms with Gasteiger partial charge in [-0.2, -0.15) is 0 Å². The molecule has 2 saturated heterocycles. The van der Waals surface area contributed by atoms with Crippen LogP contribution in [0.25, 0.3) is 0 Å². The minimum atomic E-state index is -0.294. The molecule has 1 N–H and O–H groups in total. The zero-order chi connectivity index (χ0) is 8.72. The van der Waals surface area contributed by atoms with Crippen LogP contribution in [0.2, 0.25) is 0 Å². The Hall–Kier alpha value is -0.610. The summed E-state index contributed by atoms with van der Waals surface area (Å²) in [6, 6.07) is -0.0278. The second-order valence-corrected chi connectivity index (χ2v) is 3.51. The van der Waals surface area contributed by atoms with Gasteiger partial charge in [-0.1, -0.05) is 0 Å². The van der Waals surface area contributed by atoms with Gasteiger partial charge in [-0.05, 0) is 13.3 Å². The molecule has 2 fully saturated rings. The van der Waals surface area contributed by atoms with Gasteiger partial charge < -0.3 is 10.0 Å². The van der Waals surface area contributed by atoms with Crippen molar-refractivity contribution in [3.8, 4) is 0 Å². The van der Waals surface area contributed by atoms with Crippen molar-refractivity contribution >= 4 is 5.91 Å². The van der Waals surface area contributed by atoms with Gasteiger partial charge >= 0.3 is 0 Å². The molecule has 0 aromatic carbocycles. The first kappa shape index (κ1) is 8.01. The number of carbonyl (C=O) groups is 1. The van der Waals surface area contributed by atoms with Crippen molar-refractivity contribution in [3.05, 3.63) is 0 Å². The van der Waals surface area contributed by atoms with Gasteiger partial charge in [0.05, 0.1) is 18.8 Å². The molecule has 0 bridgehead atoms. The van der Waals surface area contributed by atoms with Crippen LogP contribution >= 0.6 is 0 Å². The SMILES string of the molecule is CCN1CN2CC(O)CC2C1=O. The third-order valence-corrected chi connectivity index (χ3v) is 2.71. The lowest BCUT2D eigenvalue weighted by molar-refractivity contribution is -0.129. The average Bonchev–Trinajstić information content (AvgIpc) is 2.51. The van der Waals surface area contributed by atoms with E-state index in [-0.39, 0.29) is 18.1 Å². The standard InChI is InChI=1S/C8H14N2O2/c1-2-9-5-10-4-6(11)3-7(10)8(9)12/h6-7,11H,2-5H2,1H3. The quantitative estimate of drug-likeness (QED) is 0.562. The maximum absolute atomic E-state index is 11.5. The molecule has 2 aliphatic rings. The Bertz CT molecular complexity index is 207. The third kappa shape index (κ3) is 1.03. The average molecular weight is 170 g/mol. The Morgan fingerprint density at radius 1 is 1.67 bits per heavy atom. The van der Waals surface area contributed by atoms with Gasteiger partial charge in [0, 0.05) is 13.1 Å². The molecule has 68 valence electrons. The van der Waals surface area contributed by atoms with E-state index in [2.05, 4.69) is 4.90 Å². The first-order valence-electron chi connectivity index (χ1n) is 4.43. The summed E-state index contributed by atoms with van der Waals surface area (Å²) in [4.78, 5) is 15.4. The lowest BCUT2D eigenvalue weighted by Crippen LogP contribution is -2.30. The lowest BCUT2D eigenvalue weighted by Gasteiger charge is -2.15. The first-order chi connectivity index (χ1) is 5.72. The molecule has 0 aromatic heterocycles. The molecular weight excluding hydrogens is 156 g/mol. The first-order valence-corrected chi connectivity index (χ1v) is 4.43. The zero-order valence-corrected chi connectivity index (χ0v) is 7.23. The van der Waals surface area contributed by atoms with Crippen molar-refractivity contribution in [2.75, 3.05) is 19.8 Å². The fourth-order valence-electron chi connectivity index (χ4n) is 2.05. The molecule has 2 aliphatic heterocycles. The second-order valence-electron chi connectivity index (χ2n) is 3.51. The summed E-state index contributed by atoms with van der Waals surface area (Å²) in [6.45, 7) is 4.13. The molecular formula is C8H14N2O2. The number of hydrogen-bond acceptors (Lipinski definition) is 3. The number of aliphatic hydroxyl groups excluding tert-OH is 1. The monoisotopic (exact) mass is 170 g/mol. The van der Waals surface area contributed by atoms with E-state index >= 15 is 0 Å². The van der Waals surface area contributed by atoms with Crippen LogP contribution in [0.15, 0.2) is 0 Å². The minimum Gasteiger partial charge on any atom is -0.392 e. The van der Waals surface area contributed by atoms with E-state index in [1.165, 1.54) is 0 Å². The van der Waals surface area contributed by atoms with Gasteiger partial charge in [-0.3, -0.25) is 9.69 Å². The van der Waals surface area contributed by atoms with Crippen LogP contribution in [-0.4, -0.2) is 52.7 Å². The number of rotatable bonds is 1. The maximum atomic E-state index is 11.5. The molecule has 0 spiro atoms. The molecule has 0 radical (unpaired) electrons. The summed E-state index contributed by atoms with van der Waals surface area (Å²) in [7, 11) is 0. The van der Waals surface area contributed by atoms with Crippen molar-refractivity contribution in [2.45, 2.75) is 25.5 Å². The van der Waals surface area contributed by atoms with Gasteiger partial charge in [0.1, 0.15) is 0 Å². The molecule has 0 aliphatic carbocycles. The molecule has 0 aromatic rings. The number of fused-ring (bicyclic) bond motifs is 1. The zero-order valence-electron chi connectivity index (χ0n) is 7.23. The van der Waals surface area contributed by atoms with Gasteiger partial charge in [-0.15, -0.1) is 0 Å². The largest absolute Gasteiger partial charge is 0.392 e. The van der Waals surface area contributed by atoms with Crippen LogP contribution in [0.1, 0.15) is 13.3 Å². The number of nitrogens with zero attached hydrogens (tertiary/aromatic N) is 2. The van der Waals surface area contributed by atoms with E-state index in [4.69, 9.17) is 0 Å². The van der Waals surface area contributed by atoms with Crippen LogP contribution in [0.4, 0.5) is 0 Å². The van der Waals surface area contributed by atoms with Crippen molar-refractivity contribution < 1.29 is 9.90 Å². The Labute approximate surface area is 71.8 Å². The third-order valence-electron chi connectivity index (χ3n) is 2.71. The summed E-state index contributed by atoms with van der Waals surface area (Å²) >= 11 is 0. The highest BCUT2D eigenvalue weighted by Crippen LogP contribution is 2.25. The van der Waals surface area contributed by atoms with Crippen LogP contribution in [-0.2, 0) is 4.79 Å². The Morgan fingerprint density at radius 3 is 3.00 bits per heavy atom. The second kappa shape index (κ2) is 2.71. The molecule has 2 atom stereocenters. The van der Waals surface area contributed by atoms with Gasteiger partial charge in [0.2, 0.25) is 5.91 Å². The number of carbonyl (C=O) groups excluding carboxylic acids is 1. The number of aliphatic hydroxyl groups is 1. The molecule has 4 nitrogen and oxygen atoms in total. The minimum absolute atomic E-state index is 0.0278. The van der Waals surface area contributed by atoms with Crippen LogP contribution in [0.3, 0.4) is 0 Å². The van der Waals surface area contributed by atoms with Gasteiger partial charge in [-0.25, -0.2) is 0 Å². The summed E-state index contributed by atoms with van der Waals surface area (Å²) in [6.07, 6.45) is 0.327. The topological polar surface area (TPSA) is 43.8 Å². The van der Waals surface area contributed by atoms with Crippen molar-refractivity contribution in [1.29, 1.82) is 0 Å².